The van der Waals surface area contributed by atoms with Gasteiger partial charge in [0.1, 0.15) is 18.5 Å². The largest absolute Gasteiger partial charge is 0.481 e. The van der Waals surface area contributed by atoms with Crippen LogP contribution in [0.2, 0.25) is 15.1 Å². The number of halogens is 4. The smallest absolute Gasteiger partial charge is 0.311 e. The van der Waals surface area contributed by atoms with Crippen LogP contribution >= 0.6 is 34.8 Å². The van der Waals surface area contributed by atoms with Crippen molar-refractivity contribution < 1.29 is 18.8 Å². The molecule has 24 heavy (non-hydrogen) atoms. The Bertz CT molecular complexity index is 749. The Balaban J connectivity index is 2.38. The Morgan fingerprint density at radius 1 is 1.21 bits per heavy atom. The lowest BCUT2D eigenvalue weighted by Crippen LogP contribution is -2.14. The van der Waals surface area contributed by atoms with Crippen molar-refractivity contribution in [1.82, 2.24) is 0 Å². The quantitative estimate of drug-likeness (QED) is 0.440. The van der Waals surface area contributed by atoms with E-state index in [1.807, 2.05) is 0 Å². The molecular weight excluding hydrogens is 384 g/mol. The van der Waals surface area contributed by atoms with Crippen LogP contribution in [0.15, 0.2) is 30.3 Å². The maximum atomic E-state index is 12.6. The third kappa shape index (κ3) is 4.41. The molecule has 1 unspecified atom stereocenters. The number of rotatable bonds is 6. The Kier molecular flexibility index (Phi) is 6.10. The van der Waals surface area contributed by atoms with Crippen LogP contribution in [0.4, 0.5) is 10.1 Å². The van der Waals surface area contributed by atoms with E-state index in [4.69, 9.17) is 44.3 Å². The third-order valence-corrected chi connectivity index (χ3v) is 3.64. The monoisotopic (exact) mass is 393 g/mol. The highest BCUT2D eigenvalue weighted by Crippen LogP contribution is 2.40. The summed E-state index contributed by atoms with van der Waals surface area (Å²) in [6.07, 6.45) is -0.846. The maximum Gasteiger partial charge on any atom is 0.311 e. The van der Waals surface area contributed by atoms with Crippen molar-refractivity contribution in [3.8, 4) is 17.2 Å². The van der Waals surface area contributed by atoms with Crippen LogP contribution in [0.1, 0.15) is 6.92 Å². The molecule has 2 rings (SSSR count). The van der Waals surface area contributed by atoms with Crippen molar-refractivity contribution >= 4 is 40.5 Å². The van der Waals surface area contributed by atoms with Crippen molar-refractivity contribution in [2.24, 2.45) is 0 Å². The first-order valence-corrected chi connectivity index (χ1v) is 7.78. The van der Waals surface area contributed by atoms with Gasteiger partial charge < -0.3 is 9.47 Å². The van der Waals surface area contributed by atoms with Gasteiger partial charge in [0.05, 0.1) is 15.0 Å². The number of hydrogen-bond acceptors (Lipinski definition) is 4. The molecule has 0 bridgehead atoms. The lowest BCUT2D eigenvalue weighted by atomic mass is 10.2. The van der Waals surface area contributed by atoms with E-state index in [-0.39, 0.29) is 33.0 Å². The van der Waals surface area contributed by atoms with Gasteiger partial charge in [0, 0.05) is 17.2 Å². The highest BCUT2D eigenvalue weighted by atomic mass is 35.5. The number of ether oxygens (including phenoxy) is 2. The Morgan fingerprint density at radius 3 is 2.38 bits per heavy atom. The van der Waals surface area contributed by atoms with Crippen LogP contribution in [0, 0.1) is 10.1 Å². The molecule has 1 atom stereocenters. The van der Waals surface area contributed by atoms with Crippen LogP contribution in [-0.4, -0.2) is 17.7 Å². The van der Waals surface area contributed by atoms with Crippen molar-refractivity contribution in [2.75, 3.05) is 6.67 Å². The fourth-order valence-electron chi connectivity index (χ4n) is 1.80. The van der Waals surface area contributed by atoms with Gasteiger partial charge in [0.2, 0.25) is 5.75 Å². The number of benzene rings is 2. The second-order valence-corrected chi connectivity index (χ2v) is 6.02. The van der Waals surface area contributed by atoms with Crippen LogP contribution < -0.4 is 9.47 Å². The molecule has 0 aliphatic carbocycles. The topological polar surface area (TPSA) is 61.6 Å². The number of hydrogen-bond donors (Lipinski definition) is 0. The molecule has 0 aromatic heterocycles. The first kappa shape index (κ1) is 18.6. The molecule has 0 saturated carbocycles. The van der Waals surface area contributed by atoms with Gasteiger partial charge in [-0.2, -0.15) is 0 Å². The summed E-state index contributed by atoms with van der Waals surface area (Å²) in [5.41, 5.74) is -0.309. The summed E-state index contributed by atoms with van der Waals surface area (Å²) in [6.45, 7) is 0.654. The van der Waals surface area contributed by atoms with Crippen molar-refractivity contribution in [3.63, 3.8) is 0 Å². The van der Waals surface area contributed by atoms with E-state index in [1.165, 1.54) is 37.3 Å². The fourth-order valence-corrected chi connectivity index (χ4v) is 2.69. The normalized spacial score (nSPS) is 11.9. The molecule has 5 nitrogen and oxygen atoms in total. The van der Waals surface area contributed by atoms with Gasteiger partial charge in [-0.05, 0) is 25.1 Å². The summed E-state index contributed by atoms with van der Waals surface area (Å²) in [7, 11) is 0. The zero-order valence-corrected chi connectivity index (χ0v) is 14.5. The van der Waals surface area contributed by atoms with Crippen molar-refractivity contribution in [2.45, 2.75) is 13.0 Å². The van der Waals surface area contributed by atoms with Crippen LogP contribution in [0.25, 0.3) is 0 Å². The fraction of sp³-hybridized carbons (Fsp3) is 0.200. The van der Waals surface area contributed by atoms with E-state index in [0.29, 0.717) is 5.02 Å². The molecule has 0 aliphatic rings. The Hall–Kier alpha value is -1.76. The van der Waals surface area contributed by atoms with Crippen molar-refractivity contribution in [1.29, 1.82) is 0 Å². The second-order valence-electron chi connectivity index (χ2n) is 4.77. The maximum absolute atomic E-state index is 12.6. The number of alkyl halides is 1. The van der Waals surface area contributed by atoms with E-state index in [9.17, 15) is 14.5 Å². The molecule has 128 valence electrons. The molecule has 0 N–H and O–H groups in total. The average molecular weight is 395 g/mol. The van der Waals surface area contributed by atoms with Gasteiger partial charge >= 0.3 is 5.69 Å². The average Bonchev–Trinajstić information content (AvgIpc) is 2.50. The lowest BCUT2D eigenvalue weighted by molar-refractivity contribution is -0.386. The summed E-state index contributed by atoms with van der Waals surface area (Å²) < 4.78 is 23.4. The number of nitro groups is 1. The summed E-state index contributed by atoms with van der Waals surface area (Å²) in [5, 5.41) is 11.7. The van der Waals surface area contributed by atoms with E-state index in [1.54, 1.807) is 0 Å². The molecule has 2 aromatic rings. The van der Waals surface area contributed by atoms with Gasteiger partial charge in [0.15, 0.2) is 5.75 Å². The van der Waals surface area contributed by atoms with Crippen LogP contribution in [-0.2, 0) is 0 Å². The minimum atomic E-state index is -0.846. The van der Waals surface area contributed by atoms with Gasteiger partial charge in [-0.25, -0.2) is 4.39 Å². The summed E-state index contributed by atoms with van der Waals surface area (Å²) >= 11 is 17.9. The van der Waals surface area contributed by atoms with E-state index >= 15 is 0 Å². The molecule has 0 heterocycles. The summed E-state index contributed by atoms with van der Waals surface area (Å²) in [6, 6.07) is 6.70. The molecule has 0 fully saturated rings. The molecular formula is C15H11Cl3FNO4. The summed E-state index contributed by atoms with van der Waals surface area (Å²) in [4.78, 5) is 10.4. The molecule has 0 radical (unpaired) electrons. The molecule has 9 heteroatoms. The first-order valence-electron chi connectivity index (χ1n) is 6.65. The SMILES string of the molecule is CC(CF)Oc1cc(Oc2c(Cl)cc(Cl)cc2Cl)ccc1[N+](=O)[O-]. The van der Waals surface area contributed by atoms with Gasteiger partial charge in [-0.15, -0.1) is 0 Å². The number of nitrogens with zero attached hydrogens (tertiary/aromatic N) is 1. The van der Waals surface area contributed by atoms with Crippen molar-refractivity contribution in [3.05, 3.63) is 55.5 Å². The first-order chi connectivity index (χ1) is 11.3. The molecule has 0 aliphatic heterocycles. The van der Waals surface area contributed by atoms with E-state index < -0.39 is 17.7 Å². The minimum Gasteiger partial charge on any atom is -0.481 e. The standard InChI is InChI=1S/C15H11Cl3FNO4/c1-8(7-19)23-14-6-10(2-3-13(14)20(21)22)24-15-11(17)4-9(16)5-12(15)18/h2-6,8H,7H2,1H3. The molecule has 0 saturated heterocycles. The molecule has 0 amide bonds. The minimum absolute atomic E-state index is 0.121. The predicted molar refractivity (Wildman–Crippen MR) is 90.7 cm³/mol. The Labute approximate surface area is 152 Å². The van der Waals surface area contributed by atoms with E-state index in [2.05, 4.69) is 0 Å². The van der Waals surface area contributed by atoms with Crippen LogP contribution in [0.3, 0.4) is 0 Å². The van der Waals surface area contributed by atoms with E-state index in [0.717, 1.165) is 0 Å². The van der Waals surface area contributed by atoms with Gasteiger partial charge in [-0.3, -0.25) is 10.1 Å². The highest BCUT2D eigenvalue weighted by Gasteiger charge is 2.20. The third-order valence-electron chi connectivity index (χ3n) is 2.86. The number of nitro benzene ring substituents is 1. The second kappa shape index (κ2) is 7.88. The molecule has 0 spiro atoms. The highest BCUT2D eigenvalue weighted by molar-refractivity contribution is 6.40. The Morgan fingerprint density at radius 2 is 1.83 bits per heavy atom. The zero-order valence-electron chi connectivity index (χ0n) is 12.3. The van der Waals surface area contributed by atoms with Gasteiger partial charge in [-0.1, -0.05) is 34.8 Å². The zero-order chi connectivity index (χ0) is 17.9. The predicted octanol–water partition coefficient (Wildman–Crippen LogP) is 6.08. The lowest BCUT2D eigenvalue weighted by Gasteiger charge is -2.14. The van der Waals surface area contributed by atoms with Gasteiger partial charge in [0.25, 0.3) is 0 Å². The molecule has 2 aromatic carbocycles. The van der Waals surface area contributed by atoms with Crippen LogP contribution in [0.5, 0.6) is 17.2 Å². The summed E-state index contributed by atoms with van der Waals surface area (Å²) in [5.74, 6) is 0.206.